The molecule has 1 atom stereocenters. The summed E-state index contributed by atoms with van der Waals surface area (Å²) >= 11 is 0. The summed E-state index contributed by atoms with van der Waals surface area (Å²) in [5.74, 6) is 1.15. The molecule has 0 saturated carbocycles. The van der Waals surface area contributed by atoms with Crippen molar-refractivity contribution in [1.82, 2.24) is 15.3 Å². The molecule has 5 nitrogen and oxygen atoms in total. The summed E-state index contributed by atoms with van der Waals surface area (Å²) in [5, 5.41) is 3.04. The predicted octanol–water partition coefficient (Wildman–Crippen LogP) is 2.86. The molecule has 2 N–H and O–H groups in total. The summed E-state index contributed by atoms with van der Waals surface area (Å²) in [6.07, 6.45) is 2.54. The number of ether oxygens (including phenoxy) is 1. The number of hydrogen-bond donors (Lipinski definition) is 2. The van der Waals surface area contributed by atoms with Crippen molar-refractivity contribution in [1.29, 1.82) is 0 Å². The van der Waals surface area contributed by atoms with Crippen molar-refractivity contribution in [2.45, 2.75) is 12.3 Å². The zero-order valence-electron chi connectivity index (χ0n) is 12.6. The van der Waals surface area contributed by atoms with Gasteiger partial charge < -0.3 is 15.0 Å². The molecule has 0 fully saturated rings. The molecular formula is C18H17N3O2. The zero-order valence-corrected chi connectivity index (χ0v) is 12.6. The summed E-state index contributed by atoms with van der Waals surface area (Å²) in [4.78, 5) is 19.6. The average Bonchev–Trinajstić information content (AvgIpc) is 3.07. The Balaban J connectivity index is 1.47. The van der Waals surface area contributed by atoms with Crippen LogP contribution in [0.2, 0.25) is 0 Å². The zero-order chi connectivity index (χ0) is 15.6. The van der Waals surface area contributed by atoms with Gasteiger partial charge in [-0.1, -0.05) is 18.2 Å². The van der Waals surface area contributed by atoms with Crippen molar-refractivity contribution in [3.05, 3.63) is 59.9 Å². The van der Waals surface area contributed by atoms with Crippen LogP contribution in [0.4, 0.5) is 0 Å². The molecule has 5 heteroatoms. The van der Waals surface area contributed by atoms with Crippen molar-refractivity contribution in [3.8, 4) is 5.75 Å². The highest BCUT2D eigenvalue weighted by molar-refractivity contribution is 5.97. The maximum absolute atomic E-state index is 12.4. The molecule has 0 spiro atoms. The SMILES string of the molecule is O=C(NCC1CCOc2ccccc21)c1ccc2nc[nH]c2c1. The Kier molecular flexibility index (Phi) is 3.46. The first-order chi connectivity index (χ1) is 11.3. The molecule has 2 aromatic carbocycles. The quantitative estimate of drug-likeness (QED) is 0.782. The van der Waals surface area contributed by atoms with Gasteiger partial charge in [0.25, 0.3) is 5.91 Å². The molecular weight excluding hydrogens is 290 g/mol. The second-order valence-corrected chi connectivity index (χ2v) is 5.72. The van der Waals surface area contributed by atoms with E-state index in [1.807, 2.05) is 30.3 Å². The van der Waals surface area contributed by atoms with Gasteiger partial charge in [0, 0.05) is 18.0 Å². The minimum atomic E-state index is -0.0644. The Morgan fingerprint density at radius 3 is 3.17 bits per heavy atom. The number of H-pyrrole nitrogens is 1. The second kappa shape index (κ2) is 5.76. The van der Waals surface area contributed by atoms with Gasteiger partial charge in [0.05, 0.1) is 24.0 Å². The molecule has 0 radical (unpaired) electrons. The van der Waals surface area contributed by atoms with Crippen LogP contribution in [0.5, 0.6) is 5.75 Å². The van der Waals surface area contributed by atoms with Crippen LogP contribution in [0, 0.1) is 0 Å². The minimum absolute atomic E-state index is 0.0644. The van der Waals surface area contributed by atoms with Crippen LogP contribution >= 0.6 is 0 Å². The Morgan fingerprint density at radius 1 is 1.30 bits per heavy atom. The number of hydrogen-bond acceptors (Lipinski definition) is 3. The Morgan fingerprint density at radius 2 is 2.22 bits per heavy atom. The first-order valence-corrected chi connectivity index (χ1v) is 7.74. The highest BCUT2D eigenvalue weighted by Gasteiger charge is 2.21. The molecule has 1 unspecified atom stereocenters. The van der Waals surface area contributed by atoms with Crippen LogP contribution in [-0.4, -0.2) is 29.0 Å². The van der Waals surface area contributed by atoms with Gasteiger partial charge in [-0.2, -0.15) is 0 Å². The third kappa shape index (κ3) is 2.65. The van der Waals surface area contributed by atoms with Gasteiger partial charge in [-0.15, -0.1) is 0 Å². The lowest BCUT2D eigenvalue weighted by molar-refractivity contribution is 0.0948. The first kappa shape index (κ1) is 13.8. The summed E-state index contributed by atoms with van der Waals surface area (Å²) in [7, 11) is 0. The topological polar surface area (TPSA) is 67.0 Å². The minimum Gasteiger partial charge on any atom is -0.493 e. The normalized spacial score (nSPS) is 16.6. The van der Waals surface area contributed by atoms with Gasteiger partial charge in [-0.05, 0) is 36.2 Å². The van der Waals surface area contributed by atoms with Crippen molar-refractivity contribution in [3.63, 3.8) is 0 Å². The molecule has 1 aliphatic rings. The van der Waals surface area contributed by atoms with E-state index in [2.05, 4.69) is 21.4 Å². The highest BCUT2D eigenvalue weighted by atomic mass is 16.5. The second-order valence-electron chi connectivity index (χ2n) is 5.72. The molecule has 1 amide bonds. The fourth-order valence-electron chi connectivity index (χ4n) is 3.02. The third-order valence-electron chi connectivity index (χ3n) is 4.27. The summed E-state index contributed by atoms with van der Waals surface area (Å²) < 4.78 is 5.66. The number of para-hydroxylation sites is 1. The highest BCUT2D eigenvalue weighted by Crippen LogP contribution is 2.32. The maximum atomic E-state index is 12.4. The number of nitrogens with zero attached hydrogens (tertiary/aromatic N) is 1. The number of amides is 1. The van der Waals surface area contributed by atoms with Gasteiger partial charge in [0.2, 0.25) is 0 Å². The number of rotatable bonds is 3. The van der Waals surface area contributed by atoms with Gasteiger partial charge in [0.15, 0.2) is 0 Å². The maximum Gasteiger partial charge on any atom is 0.251 e. The predicted molar refractivity (Wildman–Crippen MR) is 87.7 cm³/mol. The third-order valence-corrected chi connectivity index (χ3v) is 4.27. The van der Waals surface area contributed by atoms with Crippen molar-refractivity contribution < 1.29 is 9.53 Å². The number of imidazole rings is 1. The molecule has 1 aliphatic heterocycles. The molecule has 4 rings (SSSR count). The van der Waals surface area contributed by atoms with Crippen LogP contribution < -0.4 is 10.1 Å². The summed E-state index contributed by atoms with van der Waals surface area (Å²) in [6.45, 7) is 1.30. The molecule has 23 heavy (non-hydrogen) atoms. The van der Waals surface area contributed by atoms with E-state index >= 15 is 0 Å². The van der Waals surface area contributed by atoms with E-state index in [0.717, 1.165) is 23.2 Å². The number of benzene rings is 2. The lowest BCUT2D eigenvalue weighted by Gasteiger charge is -2.26. The van der Waals surface area contributed by atoms with Crippen LogP contribution in [0.3, 0.4) is 0 Å². The fraction of sp³-hybridized carbons (Fsp3) is 0.222. The standard InChI is InChI=1S/C18H17N3O2/c22-18(12-5-6-15-16(9-12)21-11-20-15)19-10-13-7-8-23-17-4-2-1-3-14(13)17/h1-6,9,11,13H,7-8,10H2,(H,19,22)(H,20,21). The van der Waals surface area contributed by atoms with E-state index in [9.17, 15) is 4.79 Å². The molecule has 3 aromatic rings. The Labute approximate surface area is 133 Å². The fourth-order valence-corrected chi connectivity index (χ4v) is 3.02. The smallest absolute Gasteiger partial charge is 0.251 e. The summed E-state index contributed by atoms with van der Waals surface area (Å²) in [5.41, 5.74) is 3.54. The van der Waals surface area contributed by atoms with E-state index in [0.29, 0.717) is 24.6 Å². The van der Waals surface area contributed by atoms with Crippen LogP contribution in [0.25, 0.3) is 11.0 Å². The van der Waals surface area contributed by atoms with Crippen molar-refractivity contribution in [2.24, 2.45) is 0 Å². The van der Waals surface area contributed by atoms with E-state index in [1.165, 1.54) is 5.56 Å². The van der Waals surface area contributed by atoms with Crippen molar-refractivity contribution in [2.75, 3.05) is 13.2 Å². The van der Waals surface area contributed by atoms with E-state index in [-0.39, 0.29) is 5.91 Å². The molecule has 116 valence electrons. The van der Waals surface area contributed by atoms with Crippen LogP contribution in [-0.2, 0) is 0 Å². The Bertz CT molecular complexity index is 856. The van der Waals surface area contributed by atoms with Crippen LogP contribution in [0.1, 0.15) is 28.3 Å². The van der Waals surface area contributed by atoms with Gasteiger partial charge in [0.1, 0.15) is 5.75 Å². The number of carbonyl (C=O) groups excluding carboxylic acids is 1. The van der Waals surface area contributed by atoms with Crippen molar-refractivity contribution >= 4 is 16.9 Å². The first-order valence-electron chi connectivity index (χ1n) is 7.74. The molecule has 0 bridgehead atoms. The number of aromatic amines is 1. The molecule has 0 aliphatic carbocycles. The Hall–Kier alpha value is -2.82. The van der Waals surface area contributed by atoms with Gasteiger partial charge in [-0.3, -0.25) is 4.79 Å². The lowest BCUT2D eigenvalue weighted by Crippen LogP contribution is -2.30. The van der Waals surface area contributed by atoms with E-state index in [4.69, 9.17) is 4.74 Å². The molecule has 0 saturated heterocycles. The van der Waals surface area contributed by atoms with Gasteiger partial charge >= 0.3 is 0 Å². The van der Waals surface area contributed by atoms with Crippen LogP contribution in [0.15, 0.2) is 48.8 Å². The number of aromatic nitrogens is 2. The summed E-state index contributed by atoms with van der Waals surface area (Å²) in [6, 6.07) is 13.5. The van der Waals surface area contributed by atoms with E-state index < -0.39 is 0 Å². The monoisotopic (exact) mass is 307 g/mol. The average molecular weight is 307 g/mol. The van der Waals surface area contributed by atoms with Gasteiger partial charge in [-0.25, -0.2) is 4.98 Å². The molecule has 1 aromatic heterocycles. The number of fused-ring (bicyclic) bond motifs is 2. The molecule has 2 heterocycles. The largest absolute Gasteiger partial charge is 0.493 e. The number of carbonyl (C=O) groups is 1. The number of nitrogens with one attached hydrogen (secondary N) is 2. The van der Waals surface area contributed by atoms with E-state index in [1.54, 1.807) is 12.4 Å². The lowest BCUT2D eigenvalue weighted by atomic mass is 9.93.